The van der Waals surface area contributed by atoms with Gasteiger partial charge in [0.2, 0.25) is 0 Å². The van der Waals surface area contributed by atoms with Crippen molar-refractivity contribution in [2.75, 3.05) is 0 Å². The van der Waals surface area contributed by atoms with Crippen LogP contribution in [0.3, 0.4) is 0 Å². The zero-order valence-electron chi connectivity index (χ0n) is 11.7. The van der Waals surface area contributed by atoms with Crippen LogP contribution in [-0.4, -0.2) is 11.2 Å². The molecule has 4 heteroatoms. The van der Waals surface area contributed by atoms with E-state index in [1.807, 2.05) is 42.5 Å². The smallest absolute Gasteiger partial charge is 0.0996 e. The molecule has 0 saturated heterocycles. The lowest BCUT2D eigenvalue weighted by Crippen LogP contribution is -2.32. The molecule has 0 aromatic heterocycles. The largest absolute Gasteiger partial charge is 0.392 e. The molecule has 2 aromatic carbocycles. The SMILES string of the molecule is [N-]=[N+]=N[C@]1(c2ccc(-c3ccccc3)cc2)CCC[C@@H]1O. The van der Waals surface area contributed by atoms with Gasteiger partial charge in [0.15, 0.2) is 0 Å². The maximum absolute atomic E-state index is 10.2. The summed E-state index contributed by atoms with van der Waals surface area (Å²) in [5.74, 6) is 0. The van der Waals surface area contributed by atoms with Gasteiger partial charge in [-0.15, -0.1) is 0 Å². The van der Waals surface area contributed by atoms with Crippen LogP contribution in [-0.2, 0) is 5.54 Å². The van der Waals surface area contributed by atoms with E-state index in [1.54, 1.807) is 0 Å². The molecule has 2 atom stereocenters. The zero-order valence-corrected chi connectivity index (χ0v) is 11.7. The maximum atomic E-state index is 10.2. The number of nitrogens with zero attached hydrogens (tertiary/aromatic N) is 3. The van der Waals surface area contributed by atoms with Gasteiger partial charge >= 0.3 is 0 Å². The second kappa shape index (κ2) is 5.60. The molecule has 1 N–H and O–H groups in total. The van der Waals surface area contributed by atoms with Crippen LogP contribution in [0.2, 0.25) is 0 Å². The molecule has 1 aliphatic carbocycles. The van der Waals surface area contributed by atoms with Crippen LogP contribution in [0.4, 0.5) is 0 Å². The van der Waals surface area contributed by atoms with E-state index in [2.05, 4.69) is 22.2 Å². The summed E-state index contributed by atoms with van der Waals surface area (Å²) >= 11 is 0. The summed E-state index contributed by atoms with van der Waals surface area (Å²) in [7, 11) is 0. The molecular weight excluding hydrogens is 262 g/mol. The maximum Gasteiger partial charge on any atom is 0.0996 e. The molecule has 3 rings (SSSR count). The van der Waals surface area contributed by atoms with E-state index in [0.29, 0.717) is 12.8 Å². The standard InChI is InChI=1S/C17H17N3O/c18-20-19-17(12-4-7-16(17)21)15-10-8-14(9-11-15)13-5-2-1-3-6-13/h1-3,5-6,8-11,16,21H,4,7,12H2/t16-,17-/m0/s1. The van der Waals surface area contributed by atoms with E-state index < -0.39 is 11.6 Å². The van der Waals surface area contributed by atoms with Crippen molar-refractivity contribution in [1.82, 2.24) is 0 Å². The van der Waals surface area contributed by atoms with Crippen molar-refractivity contribution < 1.29 is 5.11 Å². The third kappa shape index (κ3) is 2.40. The van der Waals surface area contributed by atoms with Gasteiger partial charge in [0, 0.05) is 4.91 Å². The number of hydrogen-bond acceptors (Lipinski definition) is 2. The van der Waals surface area contributed by atoms with Gasteiger partial charge in [-0.1, -0.05) is 59.7 Å². The van der Waals surface area contributed by atoms with E-state index >= 15 is 0 Å². The number of azide groups is 1. The van der Waals surface area contributed by atoms with Crippen molar-refractivity contribution in [3.8, 4) is 11.1 Å². The molecule has 21 heavy (non-hydrogen) atoms. The Balaban J connectivity index is 1.98. The summed E-state index contributed by atoms with van der Waals surface area (Å²) in [6.07, 6.45) is 1.65. The molecule has 106 valence electrons. The predicted molar refractivity (Wildman–Crippen MR) is 82.6 cm³/mol. The minimum atomic E-state index is -0.802. The van der Waals surface area contributed by atoms with Crippen LogP contribution in [0.5, 0.6) is 0 Å². The zero-order chi connectivity index (χ0) is 14.7. The summed E-state index contributed by atoms with van der Waals surface area (Å²) in [4.78, 5) is 2.96. The van der Waals surface area contributed by atoms with Crippen molar-refractivity contribution in [3.63, 3.8) is 0 Å². The van der Waals surface area contributed by atoms with E-state index in [9.17, 15) is 5.11 Å². The number of rotatable bonds is 3. The van der Waals surface area contributed by atoms with Crippen molar-refractivity contribution in [2.45, 2.75) is 30.9 Å². The van der Waals surface area contributed by atoms with Crippen LogP contribution in [0.25, 0.3) is 21.6 Å². The van der Waals surface area contributed by atoms with Crippen LogP contribution < -0.4 is 0 Å². The highest BCUT2D eigenvalue weighted by atomic mass is 16.3. The van der Waals surface area contributed by atoms with Gasteiger partial charge in [-0.3, -0.25) is 0 Å². The first-order valence-corrected chi connectivity index (χ1v) is 7.16. The second-order valence-corrected chi connectivity index (χ2v) is 5.47. The Morgan fingerprint density at radius 3 is 2.29 bits per heavy atom. The Bertz CT molecular complexity index is 662. The lowest BCUT2D eigenvalue weighted by atomic mass is 9.86. The fraction of sp³-hybridized carbons (Fsp3) is 0.294. The first-order chi connectivity index (χ1) is 10.3. The average molecular weight is 279 g/mol. The minimum Gasteiger partial charge on any atom is -0.392 e. The summed E-state index contributed by atoms with van der Waals surface area (Å²) in [6.45, 7) is 0. The molecule has 4 nitrogen and oxygen atoms in total. The van der Waals surface area contributed by atoms with Gasteiger partial charge in [0.05, 0.1) is 11.6 Å². The molecule has 2 aromatic rings. The van der Waals surface area contributed by atoms with Crippen molar-refractivity contribution in [3.05, 3.63) is 70.6 Å². The van der Waals surface area contributed by atoms with E-state index in [0.717, 1.165) is 23.1 Å². The number of aliphatic hydroxyl groups excluding tert-OH is 1. The third-order valence-electron chi connectivity index (χ3n) is 4.30. The summed E-state index contributed by atoms with van der Waals surface area (Å²) in [5, 5.41) is 14.2. The Kier molecular flexibility index (Phi) is 3.65. The fourth-order valence-corrected chi connectivity index (χ4v) is 3.14. The Morgan fingerprint density at radius 1 is 1.05 bits per heavy atom. The van der Waals surface area contributed by atoms with Crippen molar-refractivity contribution >= 4 is 0 Å². The topological polar surface area (TPSA) is 69.0 Å². The molecule has 0 aliphatic heterocycles. The lowest BCUT2D eigenvalue weighted by Gasteiger charge is -2.28. The van der Waals surface area contributed by atoms with E-state index in [4.69, 9.17) is 5.53 Å². The lowest BCUT2D eigenvalue weighted by molar-refractivity contribution is 0.110. The van der Waals surface area contributed by atoms with Gasteiger partial charge in [-0.05, 0) is 41.5 Å². The minimum absolute atomic E-state index is 0.601. The first-order valence-electron chi connectivity index (χ1n) is 7.16. The van der Waals surface area contributed by atoms with Crippen LogP contribution >= 0.6 is 0 Å². The number of benzene rings is 2. The van der Waals surface area contributed by atoms with Gasteiger partial charge in [-0.2, -0.15) is 0 Å². The van der Waals surface area contributed by atoms with Crippen LogP contribution in [0.1, 0.15) is 24.8 Å². The molecule has 0 amide bonds. The quantitative estimate of drug-likeness (QED) is 0.505. The van der Waals surface area contributed by atoms with Gasteiger partial charge < -0.3 is 5.11 Å². The Hall–Kier alpha value is -2.29. The molecule has 0 heterocycles. The van der Waals surface area contributed by atoms with Crippen LogP contribution in [0.15, 0.2) is 59.7 Å². The molecule has 0 unspecified atom stereocenters. The molecule has 0 spiro atoms. The highest BCUT2D eigenvalue weighted by molar-refractivity contribution is 5.63. The van der Waals surface area contributed by atoms with E-state index in [1.165, 1.54) is 0 Å². The fourth-order valence-electron chi connectivity index (χ4n) is 3.14. The summed E-state index contributed by atoms with van der Waals surface area (Å²) < 4.78 is 0. The molecule has 1 aliphatic rings. The predicted octanol–water partition coefficient (Wildman–Crippen LogP) is 4.40. The second-order valence-electron chi connectivity index (χ2n) is 5.47. The average Bonchev–Trinajstić information content (AvgIpc) is 2.91. The monoisotopic (exact) mass is 279 g/mol. The molecule has 0 radical (unpaired) electrons. The molecule has 1 fully saturated rings. The summed E-state index contributed by atoms with van der Waals surface area (Å²) in [5.41, 5.74) is 11.2. The third-order valence-corrected chi connectivity index (χ3v) is 4.30. The highest BCUT2D eigenvalue weighted by Crippen LogP contribution is 2.43. The van der Waals surface area contributed by atoms with E-state index in [-0.39, 0.29) is 0 Å². The molecule has 0 bridgehead atoms. The Morgan fingerprint density at radius 2 is 1.71 bits per heavy atom. The Labute approximate surface area is 123 Å². The normalized spacial score (nSPS) is 24.5. The summed E-state index contributed by atoms with van der Waals surface area (Å²) in [6, 6.07) is 18.1. The highest BCUT2D eigenvalue weighted by Gasteiger charge is 2.42. The molecular formula is C17H17N3O. The van der Waals surface area contributed by atoms with Gasteiger partial charge in [0.25, 0.3) is 0 Å². The first kappa shape index (κ1) is 13.7. The van der Waals surface area contributed by atoms with Crippen molar-refractivity contribution in [2.24, 2.45) is 5.11 Å². The molecule has 1 saturated carbocycles. The van der Waals surface area contributed by atoms with Crippen molar-refractivity contribution in [1.29, 1.82) is 0 Å². The van der Waals surface area contributed by atoms with Gasteiger partial charge in [0.1, 0.15) is 0 Å². The van der Waals surface area contributed by atoms with Crippen LogP contribution in [0, 0.1) is 0 Å². The van der Waals surface area contributed by atoms with Gasteiger partial charge in [-0.25, -0.2) is 0 Å². The number of aliphatic hydroxyl groups is 1. The number of hydrogen-bond donors (Lipinski definition) is 1.